The number of hydrogen-bond donors (Lipinski definition) is 1. The van der Waals surface area contributed by atoms with E-state index < -0.39 is 0 Å². The van der Waals surface area contributed by atoms with Crippen LogP contribution in [0.5, 0.6) is 0 Å². The molecule has 0 radical (unpaired) electrons. The first kappa shape index (κ1) is 11.3. The standard InChI is InChI=1S/C8H16ClNS/c1-8(2,11-3)7-10-6-4-5-9/h4-5,10H,6-7H2,1-3H3/b5-4+. The normalized spacial score (nSPS) is 12.7. The second-order valence-corrected chi connectivity index (χ2v) is 4.72. The predicted octanol–water partition coefficient (Wildman–Crippen LogP) is 2.47. The van der Waals surface area contributed by atoms with Crippen molar-refractivity contribution >= 4 is 23.4 Å². The van der Waals surface area contributed by atoms with Gasteiger partial charge in [-0.2, -0.15) is 11.8 Å². The van der Waals surface area contributed by atoms with Crippen molar-refractivity contribution in [3.8, 4) is 0 Å². The molecular weight excluding hydrogens is 178 g/mol. The predicted molar refractivity (Wildman–Crippen MR) is 55.5 cm³/mol. The first-order chi connectivity index (χ1) is 5.12. The van der Waals surface area contributed by atoms with Gasteiger partial charge in [0.25, 0.3) is 0 Å². The van der Waals surface area contributed by atoms with Gasteiger partial charge in [-0.05, 0) is 20.1 Å². The third-order valence-corrected chi connectivity index (χ3v) is 2.88. The van der Waals surface area contributed by atoms with Crippen molar-refractivity contribution in [3.05, 3.63) is 11.6 Å². The Morgan fingerprint density at radius 2 is 2.18 bits per heavy atom. The zero-order chi connectivity index (χ0) is 8.74. The number of rotatable bonds is 5. The lowest BCUT2D eigenvalue weighted by atomic mass is 10.2. The largest absolute Gasteiger partial charge is 0.312 e. The molecule has 0 unspecified atom stereocenters. The van der Waals surface area contributed by atoms with Gasteiger partial charge in [-0.25, -0.2) is 0 Å². The molecule has 0 heterocycles. The Bertz CT molecular complexity index is 123. The van der Waals surface area contributed by atoms with E-state index in [4.69, 9.17) is 11.6 Å². The summed E-state index contributed by atoms with van der Waals surface area (Å²) >= 11 is 7.23. The van der Waals surface area contributed by atoms with Gasteiger partial charge in [-0.1, -0.05) is 17.7 Å². The molecule has 0 aliphatic carbocycles. The number of thioether (sulfide) groups is 1. The Morgan fingerprint density at radius 3 is 2.64 bits per heavy atom. The van der Waals surface area contributed by atoms with Crippen LogP contribution >= 0.6 is 23.4 Å². The molecule has 0 atom stereocenters. The third-order valence-electron chi connectivity index (χ3n) is 1.45. The molecule has 0 saturated carbocycles. The fourth-order valence-corrected chi connectivity index (χ4v) is 0.909. The Hall–Kier alpha value is 0.340. The van der Waals surface area contributed by atoms with E-state index in [2.05, 4.69) is 25.4 Å². The van der Waals surface area contributed by atoms with Gasteiger partial charge in [0.2, 0.25) is 0 Å². The van der Waals surface area contributed by atoms with Gasteiger partial charge in [0.15, 0.2) is 0 Å². The zero-order valence-corrected chi connectivity index (χ0v) is 8.93. The van der Waals surface area contributed by atoms with E-state index in [0.717, 1.165) is 13.1 Å². The minimum atomic E-state index is 0.320. The smallest absolute Gasteiger partial charge is 0.0225 e. The molecule has 0 aromatic rings. The highest BCUT2D eigenvalue weighted by Crippen LogP contribution is 2.19. The lowest BCUT2D eigenvalue weighted by Crippen LogP contribution is -2.31. The van der Waals surface area contributed by atoms with Crippen LogP contribution in [0.15, 0.2) is 11.6 Å². The van der Waals surface area contributed by atoms with Crippen LogP contribution < -0.4 is 5.32 Å². The van der Waals surface area contributed by atoms with E-state index in [9.17, 15) is 0 Å². The molecule has 11 heavy (non-hydrogen) atoms. The number of halogens is 1. The van der Waals surface area contributed by atoms with E-state index in [0.29, 0.717) is 4.75 Å². The molecule has 0 aromatic carbocycles. The van der Waals surface area contributed by atoms with Crippen LogP contribution in [0.4, 0.5) is 0 Å². The maximum Gasteiger partial charge on any atom is 0.0225 e. The molecule has 0 aliphatic rings. The SMILES string of the molecule is CSC(C)(C)CNC/C=C/Cl. The molecule has 0 saturated heterocycles. The minimum absolute atomic E-state index is 0.320. The Kier molecular flexibility index (Phi) is 6.11. The Balaban J connectivity index is 3.37. The molecule has 3 heteroatoms. The topological polar surface area (TPSA) is 12.0 Å². The number of hydrogen-bond acceptors (Lipinski definition) is 2. The van der Waals surface area contributed by atoms with Crippen LogP contribution in [0.3, 0.4) is 0 Å². The van der Waals surface area contributed by atoms with Crippen molar-refractivity contribution in [2.24, 2.45) is 0 Å². The van der Waals surface area contributed by atoms with Gasteiger partial charge in [-0.15, -0.1) is 0 Å². The monoisotopic (exact) mass is 193 g/mol. The van der Waals surface area contributed by atoms with Crippen molar-refractivity contribution < 1.29 is 0 Å². The molecule has 0 aliphatic heterocycles. The number of nitrogens with one attached hydrogen (secondary N) is 1. The molecular formula is C8H16ClNS. The highest BCUT2D eigenvalue weighted by atomic mass is 35.5. The molecule has 66 valence electrons. The summed E-state index contributed by atoms with van der Waals surface area (Å²) in [5.74, 6) is 0. The Labute approximate surface area is 78.6 Å². The van der Waals surface area contributed by atoms with Crippen LogP contribution in [-0.2, 0) is 0 Å². The van der Waals surface area contributed by atoms with E-state index in [1.54, 1.807) is 5.54 Å². The third kappa shape index (κ3) is 6.73. The van der Waals surface area contributed by atoms with Crippen LogP contribution in [-0.4, -0.2) is 24.1 Å². The van der Waals surface area contributed by atoms with E-state index in [1.165, 1.54) is 0 Å². The van der Waals surface area contributed by atoms with Crippen molar-refractivity contribution in [2.45, 2.75) is 18.6 Å². The molecule has 0 bridgehead atoms. The molecule has 0 amide bonds. The summed E-state index contributed by atoms with van der Waals surface area (Å²) in [5.41, 5.74) is 1.54. The summed E-state index contributed by atoms with van der Waals surface area (Å²) in [6, 6.07) is 0. The average molecular weight is 194 g/mol. The fourth-order valence-electron chi connectivity index (χ4n) is 0.573. The van der Waals surface area contributed by atoms with E-state index >= 15 is 0 Å². The minimum Gasteiger partial charge on any atom is -0.312 e. The second-order valence-electron chi connectivity index (χ2n) is 2.96. The van der Waals surface area contributed by atoms with Gasteiger partial charge in [0.05, 0.1) is 0 Å². The van der Waals surface area contributed by atoms with Gasteiger partial charge < -0.3 is 5.32 Å². The molecule has 1 nitrogen and oxygen atoms in total. The van der Waals surface area contributed by atoms with Gasteiger partial charge in [0, 0.05) is 23.4 Å². The van der Waals surface area contributed by atoms with Gasteiger partial charge in [0.1, 0.15) is 0 Å². The van der Waals surface area contributed by atoms with Crippen LogP contribution in [0.2, 0.25) is 0 Å². The summed E-state index contributed by atoms with van der Waals surface area (Å²) in [4.78, 5) is 0. The van der Waals surface area contributed by atoms with Gasteiger partial charge >= 0.3 is 0 Å². The molecule has 0 spiro atoms. The summed E-state index contributed by atoms with van der Waals surface area (Å²) in [7, 11) is 0. The highest BCUT2D eigenvalue weighted by molar-refractivity contribution is 7.99. The van der Waals surface area contributed by atoms with Crippen LogP contribution in [0.1, 0.15) is 13.8 Å². The quantitative estimate of drug-likeness (QED) is 0.674. The molecule has 0 fully saturated rings. The molecule has 0 rings (SSSR count). The van der Waals surface area contributed by atoms with Crippen molar-refractivity contribution in [1.29, 1.82) is 0 Å². The van der Waals surface area contributed by atoms with Crippen molar-refractivity contribution in [1.82, 2.24) is 5.32 Å². The lowest BCUT2D eigenvalue weighted by Gasteiger charge is -2.21. The van der Waals surface area contributed by atoms with E-state index in [1.807, 2.05) is 17.8 Å². The molecule has 1 N–H and O–H groups in total. The first-order valence-corrected chi connectivity index (χ1v) is 5.29. The van der Waals surface area contributed by atoms with Crippen LogP contribution in [0.25, 0.3) is 0 Å². The van der Waals surface area contributed by atoms with Crippen LogP contribution in [0, 0.1) is 0 Å². The second kappa shape index (κ2) is 5.92. The highest BCUT2D eigenvalue weighted by Gasteiger charge is 2.13. The van der Waals surface area contributed by atoms with Gasteiger partial charge in [-0.3, -0.25) is 0 Å². The first-order valence-electron chi connectivity index (χ1n) is 3.63. The Morgan fingerprint density at radius 1 is 1.55 bits per heavy atom. The summed E-state index contributed by atoms with van der Waals surface area (Å²) in [6.45, 7) is 6.30. The lowest BCUT2D eigenvalue weighted by molar-refractivity contribution is 0.621. The van der Waals surface area contributed by atoms with Crippen molar-refractivity contribution in [2.75, 3.05) is 19.3 Å². The maximum absolute atomic E-state index is 5.36. The summed E-state index contributed by atoms with van der Waals surface area (Å²) in [5, 5.41) is 3.29. The fraction of sp³-hybridized carbons (Fsp3) is 0.750. The average Bonchev–Trinajstić information content (AvgIpc) is 1.99. The maximum atomic E-state index is 5.36. The van der Waals surface area contributed by atoms with E-state index in [-0.39, 0.29) is 0 Å². The summed E-state index contributed by atoms with van der Waals surface area (Å²) in [6.07, 6.45) is 4.02. The summed E-state index contributed by atoms with van der Waals surface area (Å²) < 4.78 is 0.320. The van der Waals surface area contributed by atoms with Crippen molar-refractivity contribution in [3.63, 3.8) is 0 Å². The molecule has 0 aromatic heterocycles. The zero-order valence-electron chi connectivity index (χ0n) is 7.36.